The number of hydrogen-bond acceptors (Lipinski definition) is 6. The van der Waals surface area contributed by atoms with Gasteiger partial charge in [-0.1, -0.05) is 18.2 Å². The number of fused-ring (bicyclic) bond motifs is 1. The Labute approximate surface area is 150 Å². The van der Waals surface area contributed by atoms with Crippen LogP contribution in [0.1, 0.15) is 26.3 Å². The number of methoxy groups -OCH3 is 2. The number of ketones is 1. The van der Waals surface area contributed by atoms with Crippen molar-refractivity contribution in [2.75, 3.05) is 21.0 Å². The van der Waals surface area contributed by atoms with Crippen LogP contribution in [-0.4, -0.2) is 37.7 Å². The lowest BCUT2D eigenvalue weighted by molar-refractivity contribution is 0.0504. The van der Waals surface area contributed by atoms with Gasteiger partial charge in [0.25, 0.3) is 0 Å². The Hall–Kier alpha value is -3.25. The third-order valence-electron chi connectivity index (χ3n) is 3.85. The smallest absolute Gasteiger partial charge is 0.337 e. The first kappa shape index (κ1) is 17.6. The molecule has 0 radical (unpaired) electrons. The first-order valence-electron chi connectivity index (χ1n) is 7.87. The minimum Gasteiger partial charge on any atom is -0.467 e. The number of aromatic nitrogens is 1. The number of rotatable bonds is 6. The second-order valence-electron chi connectivity index (χ2n) is 5.49. The molecule has 3 rings (SSSR count). The Morgan fingerprint density at radius 2 is 1.73 bits per heavy atom. The summed E-state index contributed by atoms with van der Waals surface area (Å²) in [5.41, 5.74) is 1.86. The van der Waals surface area contributed by atoms with E-state index in [1.807, 2.05) is 12.1 Å². The predicted octanol–water partition coefficient (Wildman–Crippen LogP) is 3.24. The van der Waals surface area contributed by atoms with Crippen LogP contribution in [0.2, 0.25) is 0 Å². The number of esters is 1. The summed E-state index contributed by atoms with van der Waals surface area (Å²) < 4.78 is 15.2. The van der Waals surface area contributed by atoms with Crippen molar-refractivity contribution in [2.24, 2.45) is 0 Å². The second kappa shape index (κ2) is 7.76. The molecule has 6 nitrogen and oxygen atoms in total. The van der Waals surface area contributed by atoms with E-state index in [9.17, 15) is 9.59 Å². The number of carbonyl (C=O) groups excluding carboxylic acids is 2. The highest BCUT2D eigenvalue weighted by atomic mass is 16.7. The lowest BCUT2D eigenvalue weighted by Crippen LogP contribution is -2.08. The third-order valence-corrected chi connectivity index (χ3v) is 3.85. The van der Waals surface area contributed by atoms with Crippen LogP contribution in [0.15, 0.2) is 54.7 Å². The molecule has 1 heterocycles. The first-order valence-corrected chi connectivity index (χ1v) is 7.87. The van der Waals surface area contributed by atoms with E-state index >= 15 is 0 Å². The maximum Gasteiger partial charge on any atom is 0.337 e. The Balaban J connectivity index is 2.01. The molecule has 0 aliphatic carbocycles. The molecular weight excluding hydrogens is 334 g/mol. The van der Waals surface area contributed by atoms with E-state index in [1.165, 1.54) is 14.2 Å². The number of benzene rings is 2. The van der Waals surface area contributed by atoms with Gasteiger partial charge < -0.3 is 14.2 Å². The molecule has 132 valence electrons. The van der Waals surface area contributed by atoms with Gasteiger partial charge in [0, 0.05) is 24.3 Å². The molecule has 1 aromatic heterocycles. The van der Waals surface area contributed by atoms with Gasteiger partial charge in [-0.05, 0) is 30.3 Å². The minimum absolute atomic E-state index is 0.0212. The standard InChI is InChI=1S/C20H17NO5/c1-24-12-26-18-10-15-4-3-9-21-17(15)11-16(18)19(22)13-5-7-14(8-6-13)20(23)25-2/h3-11H,12H2,1-2H3. The number of ether oxygens (including phenoxy) is 3. The van der Waals surface area contributed by atoms with Gasteiger partial charge in [-0.2, -0.15) is 0 Å². The van der Waals surface area contributed by atoms with Crippen molar-refractivity contribution in [3.05, 3.63) is 71.4 Å². The molecule has 0 bridgehead atoms. The Morgan fingerprint density at radius 3 is 2.42 bits per heavy atom. The third kappa shape index (κ3) is 3.55. The van der Waals surface area contributed by atoms with E-state index in [2.05, 4.69) is 9.72 Å². The Morgan fingerprint density at radius 1 is 1.00 bits per heavy atom. The quantitative estimate of drug-likeness (QED) is 0.386. The molecule has 6 heteroatoms. The number of carbonyl (C=O) groups is 2. The fourth-order valence-corrected chi connectivity index (χ4v) is 2.55. The highest BCUT2D eigenvalue weighted by Gasteiger charge is 2.17. The monoisotopic (exact) mass is 351 g/mol. The van der Waals surface area contributed by atoms with Gasteiger partial charge >= 0.3 is 5.97 Å². The fourth-order valence-electron chi connectivity index (χ4n) is 2.55. The maximum atomic E-state index is 13.0. The van der Waals surface area contributed by atoms with Crippen molar-refractivity contribution in [1.82, 2.24) is 4.98 Å². The lowest BCUT2D eigenvalue weighted by Gasteiger charge is -2.12. The predicted molar refractivity (Wildman–Crippen MR) is 95.5 cm³/mol. The SMILES string of the molecule is COCOc1cc2cccnc2cc1C(=O)c1ccc(C(=O)OC)cc1. The first-order chi connectivity index (χ1) is 12.6. The van der Waals surface area contributed by atoms with E-state index in [-0.39, 0.29) is 12.6 Å². The molecule has 0 aliphatic heterocycles. The molecule has 0 aliphatic rings. The number of nitrogens with zero attached hydrogens (tertiary/aromatic N) is 1. The maximum absolute atomic E-state index is 13.0. The lowest BCUT2D eigenvalue weighted by atomic mass is 9.99. The zero-order valence-corrected chi connectivity index (χ0v) is 14.4. The van der Waals surface area contributed by atoms with Crippen molar-refractivity contribution in [2.45, 2.75) is 0 Å². The molecular formula is C20H17NO5. The second-order valence-corrected chi connectivity index (χ2v) is 5.49. The summed E-state index contributed by atoms with van der Waals surface area (Å²) in [4.78, 5) is 28.8. The van der Waals surface area contributed by atoms with Crippen LogP contribution in [-0.2, 0) is 9.47 Å². The average Bonchev–Trinajstić information content (AvgIpc) is 2.70. The summed E-state index contributed by atoms with van der Waals surface area (Å²) in [7, 11) is 2.82. The van der Waals surface area contributed by atoms with Crippen LogP contribution in [0.3, 0.4) is 0 Å². The summed E-state index contributed by atoms with van der Waals surface area (Å²) in [6, 6.07) is 13.4. The van der Waals surface area contributed by atoms with E-state index in [4.69, 9.17) is 9.47 Å². The van der Waals surface area contributed by atoms with Gasteiger partial charge in [-0.25, -0.2) is 4.79 Å². The molecule has 0 unspecified atom stereocenters. The van der Waals surface area contributed by atoms with Gasteiger partial charge in [0.15, 0.2) is 12.6 Å². The van der Waals surface area contributed by atoms with Crippen molar-refractivity contribution in [1.29, 1.82) is 0 Å². The van der Waals surface area contributed by atoms with Gasteiger partial charge in [-0.3, -0.25) is 9.78 Å². The Bertz CT molecular complexity index is 950. The van der Waals surface area contributed by atoms with Gasteiger partial charge in [0.05, 0.1) is 23.8 Å². The van der Waals surface area contributed by atoms with Gasteiger partial charge in [0.1, 0.15) is 5.75 Å². The molecule has 0 amide bonds. The van der Waals surface area contributed by atoms with E-state index in [1.54, 1.807) is 42.6 Å². The van der Waals surface area contributed by atoms with Crippen LogP contribution in [0.4, 0.5) is 0 Å². The molecule has 0 fully saturated rings. The van der Waals surface area contributed by atoms with E-state index in [0.29, 0.717) is 28.0 Å². The van der Waals surface area contributed by atoms with E-state index < -0.39 is 5.97 Å². The number of pyridine rings is 1. The largest absolute Gasteiger partial charge is 0.467 e. The summed E-state index contributed by atoms with van der Waals surface area (Å²) in [6.07, 6.45) is 1.66. The van der Waals surface area contributed by atoms with Gasteiger partial charge in [-0.15, -0.1) is 0 Å². The van der Waals surface area contributed by atoms with Crippen molar-refractivity contribution < 1.29 is 23.8 Å². The highest BCUT2D eigenvalue weighted by molar-refractivity contribution is 6.12. The Kier molecular flexibility index (Phi) is 5.24. The summed E-state index contributed by atoms with van der Waals surface area (Å²) in [6.45, 7) is 0.0212. The molecule has 3 aromatic rings. The molecule has 2 aromatic carbocycles. The summed E-state index contributed by atoms with van der Waals surface area (Å²) >= 11 is 0. The normalized spacial score (nSPS) is 10.5. The minimum atomic E-state index is -0.456. The fraction of sp³-hybridized carbons (Fsp3) is 0.150. The molecule has 26 heavy (non-hydrogen) atoms. The molecule has 0 N–H and O–H groups in total. The van der Waals surface area contributed by atoms with Crippen LogP contribution < -0.4 is 4.74 Å². The average molecular weight is 351 g/mol. The zero-order valence-electron chi connectivity index (χ0n) is 14.4. The zero-order chi connectivity index (χ0) is 18.5. The van der Waals surface area contributed by atoms with Crippen molar-refractivity contribution >= 4 is 22.7 Å². The summed E-state index contributed by atoms with van der Waals surface area (Å²) in [5.74, 6) is -0.280. The van der Waals surface area contributed by atoms with Gasteiger partial charge in [0.2, 0.25) is 0 Å². The molecule has 0 atom stereocenters. The van der Waals surface area contributed by atoms with Crippen LogP contribution >= 0.6 is 0 Å². The van der Waals surface area contributed by atoms with E-state index in [0.717, 1.165) is 5.39 Å². The highest BCUT2D eigenvalue weighted by Crippen LogP contribution is 2.27. The van der Waals surface area contributed by atoms with Crippen LogP contribution in [0, 0.1) is 0 Å². The topological polar surface area (TPSA) is 74.7 Å². The number of hydrogen-bond donors (Lipinski definition) is 0. The molecule has 0 saturated carbocycles. The molecule has 0 spiro atoms. The summed E-state index contributed by atoms with van der Waals surface area (Å²) in [5, 5.41) is 0.858. The van der Waals surface area contributed by atoms with Crippen molar-refractivity contribution in [3.63, 3.8) is 0 Å². The van der Waals surface area contributed by atoms with Crippen molar-refractivity contribution in [3.8, 4) is 5.75 Å². The van der Waals surface area contributed by atoms with Crippen LogP contribution in [0.5, 0.6) is 5.75 Å². The van der Waals surface area contributed by atoms with Crippen LogP contribution in [0.25, 0.3) is 10.9 Å². The molecule has 0 saturated heterocycles.